The number of amides is 1. The van der Waals surface area contributed by atoms with E-state index in [1.54, 1.807) is 6.20 Å². The molecule has 1 aliphatic heterocycles. The predicted octanol–water partition coefficient (Wildman–Crippen LogP) is 0.756. The van der Waals surface area contributed by atoms with E-state index in [0.717, 1.165) is 31.6 Å². The van der Waals surface area contributed by atoms with Gasteiger partial charge in [-0.2, -0.15) is 0 Å². The highest BCUT2D eigenvalue weighted by Gasteiger charge is 2.20. The Morgan fingerprint density at radius 3 is 2.71 bits per heavy atom. The van der Waals surface area contributed by atoms with Crippen LogP contribution in [0.1, 0.15) is 19.3 Å². The Morgan fingerprint density at radius 1 is 1.41 bits per heavy atom. The molecular formula is C12H18N4O. The third kappa shape index (κ3) is 3.09. The maximum Gasteiger partial charge on any atom is 0.217 e. The number of aromatic nitrogens is 1. The smallest absolute Gasteiger partial charge is 0.217 e. The average molecular weight is 234 g/mol. The van der Waals surface area contributed by atoms with Crippen LogP contribution in [0.5, 0.6) is 0 Å². The molecule has 5 nitrogen and oxygen atoms in total. The van der Waals surface area contributed by atoms with Gasteiger partial charge in [0.1, 0.15) is 0 Å². The SMILES string of the molecule is NC(=O)CC1CCN(c2cncc(N)c2)CC1. The summed E-state index contributed by atoms with van der Waals surface area (Å²) in [6, 6.07) is 1.93. The van der Waals surface area contributed by atoms with E-state index in [1.165, 1.54) is 0 Å². The monoisotopic (exact) mass is 234 g/mol. The second-order valence-corrected chi connectivity index (χ2v) is 4.58. The highest BCUT2D eigenvalue weighted by molar-refractivity contribution is 5.74. The van der Waals surface area contributed by atoms with Crippen molar-refractivity contribution in [1.82, 2.24) is 4.98 Å². The summed E-state index contributed by atoms with van der Waals surface area (Å²) in [6.45, 7) is 1.87. The number of pyridine rings is 1. The Kier molecular flexibility index (Phi) is 3.46. The van der Waals surface area contributed by atoms with Crippen molar-refractivity contribution in [1.29, 1.82) is 0 Å². The number of carbonyl (C=O) groups is 1. The number of primary amides is 1. The molecule has 0 spiro atoms. The zero-order chi connectivity index (χ0) is 12.3. The molecule has 0 unspecified atom stereocenters. The molecular weight excluding hydrogens is 216 g/mol. The lowest BCUT2D eigenvalue weighted by Gasteiger charge is -2.33. The molecule has 17 heavy (non-hydrogen) atoms. The number of hydrogen-bond acceptors (Lipinski definition) is 4. The van der Waals surface area contributed by atoms with Gasteiger partial charge >= 0.3 is 0 Å². The standard InChI is InChI=1S/C12H18N4O/c13-10-6-11(8-15-7-10)16-3-1-9(2-4-16)5-12(14)17/h6-9H,1-5,13H2,(H2,14,17). The second-order valence-electron chi connectivity index (χ2n) is 4.58. The minimum Gasteiger partial charge on any atom is -0.397 e. The van der Waals surface area contributed by atoms with Crippen LogP contribution in [0.25, 0.3) is 0 Å². The molecule has 92 valence electrons. The molecule has 1 aliphatic rings. The normalized spacial score (nSPS) is 17.1. The third-order valence-corrected chi connectivity index (χ3v) is 3.21. The molecule has 1 aromatic heterocycles. The summed E-state index contributed by atoms with van der Waals surface area (Å²) in [5.74, 6) is 0.229. The number of hydrogen-bond donors (Lipinski definition) is 2. The van der Waals surface area contributed by atoms with Crippen LogP contribution in [-0.2, 0) is 4.79 Å². The number of nitrogen functional groups attached to an aromatic ring is 1. The highest BCUT2D eigenvalue weighted by atomic mass is 16.1. The Morgan fingerprint density at radius 2 is 2.12 bits per heavy atom. The Hall–Kier alpha value is -1.78. The van der Waals surface area contributed by atoms with Gasteiger partial charge in [-0.15, -0.1) is 0 Å². The third-order valence-electron chi connectivity index (χ3n) is 3.21. The molecule has 0 aliphatic carbocycles. The first-order valence-corrected chi connectivity index (χ1v) is 5.89. The largest absolute Gasteiger partial charge is 0.397 e. The van der Waals surface area contributed by atoms with E-state index in [9.17, 15) is 4.79 Å². The maximum atomic E-state index is 10.8. The number of rotatable bonds is 3. The van der Waals surface area contributed by atoms with Gasteiger partial charge in [0.15, 0.2) is 0 Å². The summed E-state index contributed by atoms with van der Waals surface area (Å²) in [5, 5.41) is 0. The van der Waals surface area contributed by atoms with Crippen LogP contribution in [0.2, 0.25) is 0 Å². The van der Waals surface area contributed by atoms with E-state index in [1.807, 2.05) is 12.3 Å². The summed E-state index contributed by atoms with van der Waals surface area (Å²) in [4.78, 5) is 17.2. The van der Waals surface area contributed by atoms with E-state index in [0.29, 0.717) is 18.0 Å². The van der Waals surface area contributed by atoms with E-state index in [4.69, 9.17) is 11.5 Å². The average Bonchev–Trinajstić information content (AvgIpc) is 2.29. The quantitative estimate of drug-likeness (QED) is 0.808. The van der Waals surface area contributed by atoms with Gasteiger partial charge in [-0.05, 0) is 24.8 Å². The lowest BCUT2D eigenvalue weighted by Crippen LogP contribution is -2.35. The van der Waals surface area contributed by atoms with Crippen molar-refractivity contribution in [3.8, 4) is 0 Å². The molecule has 0 aromatic carbocycles. The lowest BCUT2D eigenvalue weighted by atomic mass is 9.93. The van der Waals surface area contributed by atoms with Gasteiger partial charge in [0.25, 0.3) is 0 Å². The lowest BCUT2D eigenvalue weighted by molar-refractivity contribution is -0.119. The van der Waals surface area contributed by atoms with Crippen LogP contribution < -0.4 is 16.4 Å². The number of carbonyl (C=O) groups excluding carboxylic acids is 1. The topological polar surface area (TPSA) is 85.2 Å². The molecule has 2 heterocycles. The summed E-state index contributed by atoms with van der Waals surface area (Å²) >= 11 is 0. The van der Waals surface area contributed by atoms with E-state index < -0.39 is 0 Å². The Labute approximate surface area is 101 Å². The molecule has 5 heteroatoms. The van der Waals surface area contributed by atoms with Crippen LogP contribution in [0.15, 0.2) is 18.5 Å². The van der Waals surface area contributed by atoms with Crippen molar-refractivity contribution in [3.63, 3.8) is 0 Å². The molecule has 1 amide bonds. The van der Waals surface area contributed by atoms with E-state index >= 15 is 0 Å². The predicted molar refractivity (Wildman–Crippen MR) is 67.4 cm³/mol. The molecule has 1 fully saturated rings. The van der Waals surface area contributed by atoms with Crippen molar-refractivity contribution >= 4 is 17.3 Å². The number of piperidine rings is 1. The van der Waals surface area contributed by atoms with Gasteiger partial charge in [0.05, 0.1) is 17.6 Å². The van der Waals surface area contributed by atoms with Crippen molar-refractivity contribution in [3.05, 3.63) is 18.5 Å². The number of nitrogens with two attached hydrogens (primary N) is 2. The summed E-state index contributed by atoms with van der Waals surface area (Å²) in [6.07, 6.45) is 5.96. The first-order chi connectivity index (χ1) is 8.15. The van der Waals surface area contributed by atoms with Gasteiger partial charge in [-0.25, -0.2) is 0 Å². The second kappa shape index (κ2) is 5.03. The first kappa shape index (κ1) is 11.7. The van der Waals surface area contributed by atoms with Gasteiger partial charge < -0.3 is 16.4 Å². The molecule has 0 saturated carbocycles. The van der Waals surface area contributed by atoms with Crippen LogP contribution in [-0.4, -0.2) is 24.0 Å². The highest BCUT2D eigenvalue weighted by Crippen LogP contribution is 2.25. The molecule has 0 atom stereocenters. The molecule has 0 bridgehead atoms. The summed E-state index contributed by atoms with van der Waals surface area (Å²) < 4.78 is 0. The van der Waals surface area contributed by atoms with Crippen molar-refractivity contribution < 1.29 is 4.79 Å². The minimum absolute atomic E-state index is 0.200. The number of nitrogens with zero attached hydrogens (tertiary/aromatic N) is 2. The van der Waals surface area contributed by atoms with Gasteiger partial charge in [-0.3, -0.25) is 9.78 Å². The minimum atomic E-state index is -0.200. The zero-order valence-corrected chi connectivity index (χ0v) is 9.80. The van der Waals surface area contributed by atoms with Crippen molar-refractivity contribution in [2.75, 3.05) is 23.7 Å². The molecule has 0 radical (unpaired) electrons. The van der Waals surface area contributed by atoms with Crippen LogP contribution in [0, 0.1) is 5.92 Å². The van der Waals surface area contributed by atoms with Gasteiger partial charge in [0.2, 0.25) is 5.91 Å². The van der Waals surface area contributed by atoms with Gasteiger partial charge in [-0.1, -0.05) is 0 Å². The fraction of sp³-hybridized carbons (Fsp3) is 0.500. The number of anilines is 2. The Balaban J connectivity index is 1.93. The zero-order valence-electron chi connectivity index (χ0n) is 9.80. The van der Waals surface area contributed by atoms with Crippen molar-refractivity contribution in [2.45, 2.75) is 19.3 Å². The Bertz CT molecular complexity index is 399. The summed E-state index contributed by atoms with van der Waals surface area (Å²) in [5.41, 5.74) is 12.7. The molecule has 1 saturated heterocycles. The summed E-state index contributed by atoms with van der Waals surface area (Å²) in [7, 11) is 0. The fourth-order valence-corrected chi connectivity index (χ4v) is 2.30. The van der Waals surface area contributed by atoms with E-state index in [2.05, 4.69) is 9.88 Å². The van der Waals surface area contributed by atoms with Crippen LogP contribution in [0.3, 0.4) is 0 Å². The van der Waals surface area contributed by atoms with Crippen molar-refractivity contribution in [2.24, 2.45) is 11.7 Å². The molecule has 4 N–H and O–H groups in total. The maximum absolute atomic E-state index is 10.8. The van der Waals surface area contributed by atoms with Crippen LogP contribution in [0.4, 0.5) is 11.4 Å². The molecule has 1 aromatic rings. The fourth-order valence-electron chi connectivity index (χ4n) is 2.30. The van der Waals surface area contributed by atoms with Crippen LogP contribution >= 0.6 is 0 Å². The molecule has 2 rings (SSSR count). The van der Waals surface area contributed by atoms with E-state index in [-0.39, 0.29) is 5.91 Å². The van der Waals surface area contributed by atoms with Gasteiger partial charge in [0, 0.05) is 25.7 Å². The first-order valence-electron chi connectivity index (χ1n) is 5.89.